The van der Waals surface area contributed by atoms with Crippen LogP contribution in [0.3, 0.4) is 0 Å². The summed E-state index contributed by atoms with van der Waals surface area (Å²) in [6.45, 7) is 2.27. The maximum Gasteiger partial charge on any atom is 0.284 e. The van der Waals surface area contributed by atoms with Gasteiger partial charge in [-0.25, -0.2) is 0 Å². The molecule has 2 nitrogen and oxygen atoms in total. The van der Waals surface area contributed by atoms with Crippen LogP contribution in [0.15, 0.2) is 121 Å². The Balaban J connectivity index is 1.79. The first-order valence-electron chi connectivity index (χ1n) is 13.4. The maximum absolute atomic E-state index is 6.98. The van der Waals surface area contributed by atoms with Gasteiger partial charge in [0.15, 0.2) is 0 Å². The molecule has 0 saturated heterocycles. The van der Waals surface area contributed by atoms with E-state index in [1.807, 2.05) is 66.7 Å². The molecule has 1 atom stereocenters. The van der Waals surface area contributed by atoms with Gasteiger partial charge in [0.05, 0.1) is 5.92 Å². The van der Waals surface area contributed by atoms with Crippen LogP contribution in [-0.4, -0.2) is 0 Å². The van der Waals surface area contributed by atoms with Gasteiger partial charge in [0.1, 0.15) is 11.5 Å². The van der Waals surface area contributed by atoms with E-state index < -0.39 is 5.79 Å². The first-order chi connectivity index (χ1) is 17.8. The Morgan fingerprint density at radius 1 is 0.528 bits per heavy atom. The van der Waals surface area contributed by atoms with E-state index in [2.05, 4.69) is 61.5 Å². The SMILES string of the molecule is CCCCCCCCC(c1ccccc1)C(Oc1ccccc1)(Oc1ccccc1)c1ccccc1. The third-order valence-corrected chi connectivity index (χ3v) is 6.71. The van der Waals surface area contributed by atoms with Crippen molar-refractivity contribution in [1.82, 2.24) is 0 Å². The van der Waals surface area contributed by atoms with Crippen molar-refractivity contribution in [3.8, 4) is 11.5 Å². The lowest BCUT2D eigenvalue weighted by molar-refractivity contribution is -0.145. The Morgan fingerprint density at radius 3 is 1.50 bits per heavy atom. The fraction of sp³-hybridized carbons (Fsp3) is 0.294. The Morgan fingerprint density at radius 2 is 0.972 bits per heavy atom. The van der Waals surface area contributed by atoms with Crippen LogP contribution in [0.2, 0.25) is 0 Å². The predicted molar refractivity (Wildman–Crippen MR) is 149 cm³/mol. The van der Waals surface area contributed by atoms with Gasteiger partial charge in [0.25, 0.3) is 5.79 Å². The Kier molecular flexibility index (Phi) is 9.61. The maximum atomic E-state index is 6.98. The molecule has 4 rings (SSSR count). The molecule has 0 aliphatic carbocycles. The second kappa shape index (κ2) is 13.5. The molecule has 0 spiro atoms. The Labute approximate surface area is 216 Å². The average Bonchev–Trinajstić information content (AvgIpc) is 2.94. The van der Waals surface area contributed by atoms with Gasteiger partial charge >= 0.3 is 0 Å². The molecule has 1 unspecified atom stereocenters. The summed E-state index contributed by atoms with van der Waals surface area (Å²) in [5.74, 6) is 0.546. The summed E-state index contributed by atoms with van der Waals surface area (Å²) in [6, 6.07) is 41.3. The summed E-state index contributed by atoms with van der Waals surface area (Å²) >= 11 is 0. The van der Waals surface area contributed by atoms with Crippen molar-refractivity contribution in [2.45, 2.75) is 63.6 Å². The molecule has 4 aromatic carbocycles. The van der Waals surface area contributed by atoms with Crippen LogP contribution in [0, 0.1) is 0 Å². The fourth-order valence-electron chi connectivity index (χ4n) is 4.87. The molecule has 0 heterocycles. The largest absolute Gasteiger partial charge is 0.448 e. The fourth-order valence-corrected chi connectivity index (χ4v) is 4.87. The van der Waals surface area contributed by atoms with E-state index in [9.17, 15) is 0 Å². The van der Waals surface area contributed by atoms with Crippen LogP contribution in [-0.2, 0) is 5.79 Å². The van der Waals surface area contributed by atoms with Gasteiger partial charge in [-0.05, 0) is 36.2 Å². The highest BCUT2D eigenvalue weighted by Crippen LogP contribution is 2.45. The molecule has 0 aliphatic heterocycles. The molecule has 186 valence electrons. The molecule has 0 N–H and O–H groups in total. The molecule has 0 saturated carbocycles. The van der Waals surface area contributed by atoms with Gasteiger partial charge in [0.2, 0.25) is 0 Å². The molecule has 0 aliphatic rings. The number of para-hydroxylation sites is 2. The number of hydrogen-bond donors (Lipinski definition) is 0. The number of benzene rings is 4. The van der Waals surface area contributed by atoms with Crippen molar-refractivity contribution in [3.63, 3.8) is 0 Å². The molecule has 0 aromatic heterocycles. The summed E-state index contributed by atoms with van der Waals surface area (Å²) in [5.41, 5.74) is 2.24. The molecule has 36 heavy (non-hydrogen) atoms. The molecule has 0 bridgehead atoms. The Hall–Kier alpha value is -3.52. The monoisotopic (exact) mass is 478 g/mol. The third-order valence-electron chi connectivity index (χ3n) is 6.71. The Bertz CT molecular complexity index is 1070. The van der Waals surface area contributed by atoms with Gasteiger partial charge in [-0.15, -0.1) is 0 Å². The molecule has 0 amide bonds. The van der Waals surface area contributed by atoms with Gasteiger partial charge < -0.3 is 9.47 Å². The van der Waals surface area contributed by atoms with E-state index in [0.717, 1.165) is 29.9 Å². The van der Waals surface area contributed by atoms with Crippen molar-refractivity contribution in [2.75, 3.05) is 0 Å². The first kappa shape index (κ1) is 25.6. The van der Waals surface area contributed by atoms with Gasteiger partial charge in [-0.3, -0.25) is 0 Å². The first-order valence-corrected chi connectivity index (χ1v) is 13.4. The number of hydrogen-bond acceptors (Lipinski definition) is 2. The molecule has 0 fully saturated rings. The highest BCUT2D eigenvalue weighted by atomic mass is 16.7. The van der Waals surface area contributed by atoms with Crippen molar-refractivity contribution in [3.05, 3.63) is 132 Å². The lowest BCUT2D eigenvalue weighted by Crippen LogP contribution is -2.45. The lowest BCUT2D eigenvalue weighted by Gasteiger charge is -2.41. The van der Waals surface area contributed by atoms with Crippen LogP contribution in [0.4, 0.5) is 0 Å². The smallest absolute Gasteiger partial charge is 0.284 e. The minimum absolute atomic E-state index is 0.00677. The topological polar surface area (TPSA) is 18.5 Å². The molecular weight excluding hydrogens is 440 g/mol. The lowest BCUT2D eigenvalue weighted by atomic mass is 9.81. The van der Waals surface area contributed by atoms with Crippen molar-refractivity contribution in [1.29, 1.82) is 0 Å². The van der Waals surface area contributed by atoms with Crippen LogP contribution >= 0.6 is 0 Å². The molecule has 2 heteroatoms. The quantitative estimate of drug-likeness (QED) is 0.133. The van der Waals surface area contributed by atoms with Crippen molar-refractivity contribution >= 4 is 0 Å². The highest BCUT2D eigenvalue weighted by molar-refractivity contribution is 5.35. The second-order valence-electron chi connectivity index (χ2n) is 9.38. The standard InChI is InChI=1S/C34H38O2/c1-2-3-4-5-6-19-28-33(29-20-11-7-12-21-29)34(30-22-13-8-14-23-30,35-31-24-15-9-16-25-31)36-32-26-17-10-18-27-32/h7-18,20-27,33H,2-6,19,28H2,1H3. The van der Waals surface area contributed by atoms with Crippen LogP contribution in [0.5, 0.6) is 11.5 Å². The summed E-state index contributed by atoms with van der Waals surface area (Å²) in [5, 5.41) is 0. The van der Waals surface area contributed by atoms with Crippen LogP contribution in [0.25, 0.3) is 0 Å². The zero-order valence-electron chi connectivity index (χ0n) is 21.4. The summed E-state index contributed by atoms with van der Waals surface area (Å²) in [4.78, 5) is 0. The van der Waals surface area contributed by atoms with Crippen molar-refractivity contribution < 1.29 is 9.47 Å². The van der Waals surface area contributed by atoms with Gasteiger partial charge in [0, 0.05) is 5.56 Å². The highest BCUT2D eigenvalue weighted by Gasteiger charge is 2.46. The van der Waals surface area contributed by atoms with E-state index in [-0.39, 0.29) is 5.92 Å². The molecule has 0 radical (unpaired) electrons. The summed E-state index contributed by atoms with van der Waals surface area (Å²) < 4.78 is 14.0. The number of ether oxygens (including phenoxy) is 2. The zero-order valence-corrected chi connectivity index (χ0v) is 21.4. The minimum Gasteiger partial charge on any atom is -0.448 e. The average molecular weight is 479 g/mol. The number of unbranched alkanes of at least 4 members (excludes halogenated alkanes) is 5. The van der Waals surface area contributed by atoms with E-state index in [1.165, 1.54) is 37.7 Å². The summed E-state index contributed by atoms with van der Waals surface area (Å²) in [7, 11) is 0. The van der Waals surface area contributed by atoms with E-state index in [4.69, 9.17) is 9.47 Å². The zero-order chi connectivity index (χ0) is 24.9. The van der Waals surface area contributed by atoms with E-state index >= 15 is 0 Å². The molecular formula is C34H38O2. The number of rotatable bonds is 14. The van der Waals surface area contributed by atoms with Crippen LogP contribution in [0.1, 0.15) is 68.9 Å². The van der Waals surface area contributed by atoms with E-state index in [0.29, 0.717) is 0 Å². The third kappa shape index (κ3) is 6.79. The van der Waals surface area contributed by atoms with Crippen LogP contribution < -0.4 is 9.47 Å². The van der Waals surface area contributed by atoms with E-state index in [1.54, 1.807) is 0 Å². The van der Waals surface area contributed by atoms with Gasteiger partial charge in [-0.2, -0.15) is 0 Å². The predicted octanol–water partition coefficient (Wildman–Crippen LogP) is 9.53. The normalized spacial score (nSPS) is 12.1. The molecule has 4 aromatic rings. The van der Waals surface area contributed by atoms with Crippen molar-refractivity contribution in [2.24, 2.45) is 0 Å². The summed E-state index contributed by atoms with van der Waals surface area (Å²) in [6.07, 6.45) is 8.44. The van der Waals surface area contributed by atoms with Gasteiger partial charge in [-0.1, -0.05) is 143 Å². The minimum atomic E-state index is -1.03. The second-order valence-corrected chi connectivity index (χ2v) is 9.38.